The maximum absolute atomic E-state index is 6.32. The van der Waals surface area contributed by atoms with Gasteiger partial charge in [-0.2, -0.15) is 5.10 Å². The number of hydrogen-bond donors (Lipinski definition) is 0. The van der Waals surface area contributed by atoms with Crippen molar-refractivity contribution in [3.63, 3.8) is 0 Å². The molecule has 2 aliphatic rings. The van der Waals surface area contributed by atoms with Crippen LogP contribution in [0.4, 0.5) is 5.82 Å². The predicted octanol–water partition coefficient (Wildman–Crippen LogP) is 7.03. The van der Waals surface area contributed by atoms with Crippen LogP contribution < -0.4 is 4.74 Å². The standard InChI is InChI=1S/C25H31N3O/c1-3-4-5-6-7-8-9-13-22-24(29-20-17-15-19(2)16-18-20)25-26-21-12-10-11-14-23(21)28(25)27-22/h10-12,14-18,23H,3-9,13H2,1-2H3. The normalized spacial score (nSPS) is 16.6. The maximum atomic E-state index is 6.32. The highest BCUT2D eigenvalue weighted by Gasteiger charge is 2.31. The minimum atomic E-state index is 0.0955. The van der Waals surface area contributed by atoms with Gasteiger partial charge >= 0.3 is 0 Å². The highest BCUT2D eigenvalue weighted by Crippen LogP contribution is 2.43. The molecule has 0 saturated heterocycles. The first kappa shape index (κ1) is 19.7. The molecule has 0 radical (unpaired) electrons. The molecule has 1 unspecified atom stereocenters. The first-order chi connectivity index (χ1) is 14.3. The summed E-state index contributed by atoms with van der Waals surface area (Å²) in [7, 11) is 0. The molecular formula is C25H31N3O. The second kappa shape index (κ2) is 9.25. The molecule has 0 fully saturated rings. The van der Waals surface area contributed by atoms with Crippen LogP contribution in [-0.4, -0.2) is 15.5 Å². The summed E-state index contributed by atoms with van der Waals surface area (Å²) in [6.45, 7) is 4.35. The van der Waals surface area contributed by atoms with Crippen molar-refractivity contribution in [3.8, 4) is 11.5 Å². The van der Waals surface area contributed by atoms with Gasteiger partial charge in [-0.1, -0.05) is 81.4 Å². The van der Waals surface area contributed by atoms with Crippen molar-refractivity contribution in [2.24, 2.45) is 4.99 Å². The quantitative estimate of drug-likeness (QED) is 0.409. The molecule has 0 saturated carbocycles. The molecule has 0 N–H and O–H groups in total. The average Bonchev–Trinajstić information content (AvgIpc) is 3.25. The molecule has 0 amide bonds. The largest absolute Gasteiger partial charge is 0.451 e. The highest BCUT2D eigenvalue weighted by atomic mass is 16.5. The number of benzene rings is 1. The van der Waals surface area contributed by atoms with Crippen LogP contribution in [0, 0.1) is 6.92 Å². The Morgan fingerprint density at radius 1 is 0.966 bits per heavy atom. The molecule has 1 aromatic carbocycles. The van der Waals surface area contributed by atoms with Crippen LogP contribution in [0.25, 0.3) is 0 Å². The highest BCUT2D eigenvalue weighted by molar-refractivity contribution is 6.04. The Hall–Kier alpha value is -2.62. The SMILES string of the molecule is CCCCCCCCCc1nn2c(c1Oc1ccc(C)cc1)N=C1C=CC=CC12. The van der Waals surface area contributed by atoms with E-state index in [9.17, 15) is 0 Å². The second-order valence-corrected chi connectivity index (χ2v) is 8.06. The third-order valence-corrected chi connectivity index (χ3v) is 5.64. The molecule has 2 heterocycles. The van der Waals surface area contributed by atoms with E-state index in [1.165, 1.54) is 44.1 Å². The Morgan fingerprint density at radius 3 is 2.52 bits per heavy atom. The van der Waals surface area contributed by atoms with Gasteiger partial charge in [0.15, 0.2) is 11.6 Å². The summed E-state index contributed by atoms with van der Waals surface area (Å²) in [6.07, 6.45) is 18.3. The van der Waals surface area contributed by atoms with Gasteiger partial charge in [-0.05, 0) is 38.0 Å². The van der Waals surface area contributed by atoms with E-state index in [4.69, 9.17) is 14.8 Å². The Bertz CT molecular complexity index is 918. The van der Waals surface area contributed by atoms with Crippen molar-refractivity contribution >= 4 is 11.5 Å². The van der Waals surface area contributed by atoms with Gasteiger partial charge in [0, 0.05) is 0 Å². The first-order valence-electron chi connectivity index (χ1n) is 11.1. The molecule has 1 aliphatic carbocycles. The molecule has 1 atom stereocenters. The molecular weight excluding hydrogens is 358 g/mol. The van der Waals surface area contributed by atoms with Crippen LogP contribution in [0.5, 0.6) is 11.5 Å². The fourth-order valence-corrected chi connectivity index (χ4v) is 3.95. The molecule has 4 nitrogen and oxygen atoms in total. The summed E-state index contributed by atoms with van der Waals surface area (Å²) in [5.74, 6) is 2.51. The van der Waals surface area contributed by atoms with E-state index in [-0.39, 0.29) is 6.04 Å². The van der Waals surface area contributed by atoms with Crippen molar-refractivity contribution in [1.82, 2.24) is 9.78 Å². The van der Waals surface area contributed by atoms with E-state index in [0.29, 0.717) is 0 Å². The molecule has 1 aromatic heterocycles. The molecule has 4 heteroatoms. The van der Waals surface area contributed by atoms with Gasteiger partial charge in [0.05, 0.1) is 5.71 Å². The van der Waals surface area contributed by atoms with E-state index in [1.54, 1.807) is 0 Å². The van der Waals surface area contributed by atoms with Crippen molar-refractivity contribution in [2.45, 2.75) is 71.3 Å². The zero-order chi connectivity index (χ0) is 20.1. The summed E-state index contributed by atoms with van der Waals surface area (Å²) < 4.78 is 8.35. The number of hydrogen-bond acceptors (Lipinski definition) is 3. The van der Waals surface area contributed by atoms with Crippen molar-refractivity contribution in [2.75, 3.05) is 0 Å². The Kier molecular flexibility index (Phi) is 6.28. The summed E-state index contributed by atoms with van der Waals surface area (Å²) in [5, 5.41) is 4.93. The van der Waals surface area contributed by atoms with Crippen LogP contribution in [0.1, 0.15) is 69.2 Å². The number of ether oxygens (including phenoxy) is 1. The first-order valence-corrected chi connectivity index (χ1v) is 11.1. The van der Waals surface area contributed by atoms with Crippen molar-refractivity contribution < 1.29 is 4.74 Å². The van der Waals surface area contributed by atoms with E-state index >= 15 is 0 Å². The fraction of sp³-hybridized carbons (Fsp3) is 0.440. The van der Waals surface area contributed by atoms with Gasteiger partial charge in [-0.15, -0.1) is 0 Å². The zero-order valence-corrected chi connectivity index (χ0v) is 17.6. The summed E-state index contributed by atoms with van der Waals surface area (Å²) in [6, 6.07) is 8.29. The monoisotopic (exact) mass is 389 g/mol. The van der Waals surface area contributed by atoms with Crippen LogP contribution in [0.2, 0.25) is 0 Å². The molecule has 1 aliphatic heterocycles. The molecule has 0 spiro atoms. The Labute approximate surface area is 174 Å². The Balaban J connectivity index is 1.50. The minimum Gasteiger partial charge on any atom is -0.451 e. The summed E-state index contributed by atoms with van der Waals surface area (Å²) >= 11 is 0. The maximum Gasteiger partial charge on any atom is 0.195 e. The molecule has 4 rings (SSSR count). The third kappa shape index (κ3) is 4.52. The Morgan fingerprint density at radius 2 is 1.72 bits per heavy atom. The van der Waals surface area contributed by atoms with Crippen LogP contribution in [0.3, 0.4) is 0 Å². The number of allylic oxidation sites excluding steroid dienone is 4. The predicted molar refractivity (Wildman–Crippen MR) is 120 cm³/mol. The van der Waals surface area contributed by atoms with Gasteiger partial charge < -0.3 is 4.74 Å². The number of fused-ring (bicyclic) bond motifs is 3. The number of unbranched alkanes of at least 4 members (excludes halogenated alkanes) is 6. The van der Waals surface area contributed by atoms with Crippen molar-refractivity contribution in [1.29, 1.82) is 0 Å². The van der Waals surface area contributed by atoms with E-state index in [1.807, 2.05) is 22.9 Å². The number of rotatable bonds is 10. The molecule has 29 heavy (non-hydrogen) atoms. The molecule has 0 bridgehead atoms. The lowest BCUT2D eigenvalue weighted by molar-refractivity contribution is 0.475. The number of aromatic nitrogens is 2. The minimum absolute atomic E-state index is 0.0955. The van der Waals surface area contributed by atoms with Gasteiger partial charge in [0.1, 0.15) is 17.5 Å². The van der Waals surface area contributed by atoms with E-state index < -0.39 is 0 Å². The van der Waals surface area contributed by atoms with E-state index in [2.05, 4.69) is 44.2 Å². The van der Waals surface area contributed by atoms with Crippen LogP contribution in [-0.2, 0) is 6.42 Å². The van der Waals surface area contributed by atoms with Gasteiger partial charge in [-0.3, -0.25) is 0 Å². The van der Waals surface area contributed by atoms with Crippen LogP contribution in [0.15, 0.2) is 53.6 Å². The summed E-state index contributed by atoms with van der Waals surface area (Å²) in [5.41, 5.74) is 3.29. The zero-order valence-electron chi connectivity index (χ0n) is 17.6. The smallest absolute Gasteiger partial charge is 0.195 e. The third-order valence-electron chi connectivity index (χ3n) is 5.64. The van der Waals surface area contributed by atoms with E-state index in [0.717, 1.165) is 41.6 Å². The lowest BCUT2D eigenvalue weighted by Gasteiger charge is -2.09. The fourth-order valence-electron chi connectivity index (χ4n) is 3.95. The number of aliphatic imine (C=N–C) groups is 1. The van der Waals surface area contributed by atoms with Crippen molar-refractivity contribution in [3.05, 3.63) is 59.8 Å². The number of aryl methyl sites for hydroxylation is 2. The van der Waals surface area contributed by atoms with Gasteiger partial charge in [0.25, 0.3) is 0 Å². The molecule has 152 valence electrons. The summed E-state index contributed by atoms with van der Waals surface area (Å²) in [4.78, 5) is 4.84. The number of nitrogens with zero attached hydrogens (tertiary/aromatic N) is 3. The molecule has 2 aromatic rings. The lowest BCUT2D eigenvalue weighted by Crippen LogP contribution is -2.13. The topological polar surface area (TPSA) is 39.4 Å². The van der Waals surface area contributed by atoms with Gasteiger partial charge in [0.2, 0.25) is 0 Å². The van der Waals surface area contributed by atoms with Crippen LogP contribution >= 0.6 is 0 Å². The average molecular weight is 390 g/mol. The lowest BCUT2D eigenvalue weighted by atomic mass is 10.1. The second-order valence-electron chi connectivity index (χ2n) is 8.06. The van der Waals surface area contributed by atoms with Gasteiger partial charge in [-0.25, -0.2) is 9.67 Å².